The van der Waals surface area contributed by atoms with Crippen LogP contribution in [0, 0.1) is 17.8 Å². The van der Waals surface area contributed by atoms with E-state index in [4.69, 9.17) is 0 Å². The first-order valence-electron chi connectivity index (χ1n) is 8.67. The van der Waals surface area contributed by atoms with Gasteiger partial charge in [-0.05, 0) is 67.9 Å². The van der Waals surface area contributed by atoms with Gasteiger partial charge in [-0.15, -0.1) is 0 Å². The first kappa shape index (κ1) is 15.9. The van der Waals surface area contributed by atoms with E-state index in [1.54, 1.807) is 0 Å². The molecule has 2 saturated carbocycles. The molecule has 3 aliphatic rings. The van der Waals surface area contributed by atoms with Crippen LogP contribution in [0.15, 0.2) is 34.7 Å². The number of rotatable bonds is 1. The smallest absolute Gasteiger partial charge is 0.190 e. The van der Waals surface area contributed by atoms with Gasteiger partial charge in [0.15, 0.2) is 11.7 Å². The van der Waals surface area contributed by atoms with Crippen molar-refractivity contribution in [3.05, 3.63) is 34.7 Å². The van der Waals surface area contributed by atoms with Gasteiger partial charge in [-0.1, -0.05) is 25.3 Å². The second-order valence-corrected chi connectivity index (χ2v) is 7.37. The molecule has 0 heterocycles. The fraction of sp³-hybridized carbons (Fsp3) is 0.684. The molecule has 0 atom stereocenters. The molecule has 22 heavy (non-hydrogen) atoms. The van der Waals surface area contributed by atoms with E-state index in [0.29, 0.717) is 5.57 Å². The molecule has 0 aromatic carbocycles. The highest BCUT2D eigenvalue weighted by Crippen LogP contribution is 2.43. The summed E-state index contributed by atoms with van der Waals surface area (Å²) in [5.41, 5.74) is 1.81. The molecule has 0 unspecified atom stereocenters. The molecule has 0 N–H and O–H groups in total. The molecule has 3 aliphatic carbocycles. The maximum Gasteiger partial charge on any atom is 0.190 e. The summed E-state index contributed by atoms with van der Waals surface area (Å²) >= 11 is 0. The lowest BCUT2D eigenvalue weighted by Crippen LogP contribution is -2.23. The van der Waals surface area contributed by atoms with Gasteiger partial charge in [-0.25, -0.2) is 13.2 Å². The van der Waals surface area contributed by atoms with Crippen LogP contribution in [0.5, 0.6) is 0 Å². The van der Waals surface area contributed by atoms with Crippen LogP contribution in [0.3, 0.4) is 0 Å². The van der Waals surface area contributed by atoms with Crippen molar-refractivity contribution in [3.8, 4) is 0 Å². The topological polar surface area (TPSA) is 0 Å². The molecule has 0 spiro atoms. The average molecular weight is 310 g/mol. The zero-order valence-electron chi connectivity index (χ0n) is 13.3. The van der Waals surface area contributed by atoms with E-state index in [1.165, 1.54) is 31.8 Å². The largest absolute Gasteiger partial charge is 0.208 e. The highest BCUT2D eigenvalue weighted by atomic mass is 19.2. The fourth-order valence-electron chi connectivity index (χ4n) is 4.41. The quantitative estimate of drug-likeness (QED) is 0.505. The summed E-state index contributed by atoms with van der Waals surface area (Å²) in [6, 6.07) is 0. The molecular weight excluding hydrogens is 285 g/mol. The van der Waals surface area contributed by atoms with Gasteiger partial charge in [0.1, 0.15) is 5.83 Å². The summed E-state index contributed by atoms with van der Waals surface area (Å²) in [7, 11) is 0. The second kappa shape index (κ2) is 6.64. The molecule has 3 rings (SSSR count). The Labute approximate surface area is 131 Å². The Morgan fingerprint density at radius 3 is 2.05 bits per heavy atom. The maximum absolute atomic E-state index is 13.4. The summed E-state index contributed by atoms with van der Waals surface area (Å²) < 4.78 is 39.9. The first-order valence-corrected chi connectivity index (χ1v) is 8.67. The lowest BCUT2D eigenvalue weighted by molar-refractivity contribution is 0.184. The molecule has 0 radical (unpaired) electrons. The molecule has 0 nitrogen and oxygen atoms in total. The SMILES string of the molecule is CC1CCC(C2CCC(=C3C=C(F)C(F)=C(F)C3)CC2)CC1. The van der Waals surface area contributed by atoms with Crippen molar-refractivity contribution in [2.75, 3.05) is 0 Å². The molecule has 122 valence electrons. The van der Waals surface area contributed by atoms with Crippen molar-refractivity contribution in [2.45, 2.75) is 64.7 Å². The van der Waals surface area contributed by atoms with Crippen molar-refractivity contribution in [1.29, 1.82) is 0 Å². The van der Waals surface area contributed by atoms with Crippen LogP contribution < -0.4 is 0 Å². The Morgan fingerprint density at radius 1 is 0.864 bits per heavy atom. The van der Waals surface area contributed by atoms with Gasteiger partial charge >= 0.3 is 0 Å². The monoisotopic (exact) mass is 310 g/mol. The van der Waals surface area contributed by atoms with E-state index in [-0.39, 0.29) is 6.42 Å². The van der Waals surface area contributed by atoms with Crippen LogP contribution in [0.2, 0.25) is 0 Å². The maximum atomic E-state index is 13.4. The summed E-state index contributed by atoms with van der Waals surface area (Å²) in [5, 5.41) is 0. The van der Waals surface area contributed by atoms with Crippen molar-refractivity contribution in [2.24, 2.45) is 17.8 Å². The van der Waals surface area contributed by atoms with E-state index in [2.05, 4.69) is 6.92 Å². The van der Waals surface area contributed by atoms with E-state index in [0.717, 1.165) is 49.0 Å². The Balaban J connectivity index is 1.61. The van der Waals surface area contributed by atoms with Gasteiger partial charge in [0.2, 0.25) is 0 Å². The van der Waals surface area contributed by atoms with Crippen molar-refractivity contribution in [3.63, 3.8) is 0 Å². The zero-order valence-corrected chi connectivity index (χ0v) is 13.3. The Kier molecular flexibility index (Phi) is 4.79. The molecule has 0 amide bonds. The molecular formula is C19H25F3. The van der Waals surface area contributed by atoms with E-state index >= 15 is 0 Å². The minimum absolute atomic E-state index is 0.0692. The molecule has 0 bridgehead atoms. The van der Waals surface area contributed by atoms with Gasteiger partial charge in [-0.2, -0.15) is 0 Å². The number of halogens is 3. The minimum Gasteiger partial charge on any atom is -0.208 e. The average Bonchev–Trinajstić information content (AvgIpc) is 2.53. The second-order valence-electron chi connectivity index (χ2n) is 7.37. The van der Waals surface area contributed by atoms with Gasteiger partial charge in [0, 0.05) is 6.42 Å². The third-order valence-electron chi connectivity index (χ3n) is 5.91. The lowest BCUT2D eigenvalue weighted by atomic mass is 9.70. The highest BCUT2D eigenvalue weighted by molar-refractivity contribution is 5.41. The van der Waals surface area contributed by atoms with Crippen molar-refractivity contribution >= 4 is 0 Å². The van der Waals surface area contributed by atoms with Crippen LogP contribution >= 0.6 is 0 Å². The van der Waals surface area contributed by atoms with Gasteiger partial charge < -0.3 is 0 Å². The summed E-state index contributed by atoms with van der Waals surface area (Å²) in [6.45, 7) is 2.34. The molecule has 0 aliphatic heterocycles. The number of hydrogen-bond acceptors (Lipinski definition) is 0. The lowest BCUT2D eigenvalue weighted by Gasteiger charge is -2.36. The fourth-order valence-corrected chi connectivity index (χ4v) is 4.41. The van der Waals surface area contributed by atoms with E-state index in [1.807, 2.05) is 0 Å². The predicted octanol–water partition coefficient (Wildman–Crippen LogP) is 6.71. The van der Waals surface area contributed by atoms with Crippen LogP contribution in [-0.2, 0) is 0 Å². The van der Waals surface area contributed by atoms with Gasteiger partial charge in [-0.3, -0.25) is 0 Å². The van der Waals surface area contributed by atoms with Crippen LogP contribution in [-0.4, -0.2) is 0 Å². The van der Waals surface area contributed by atoms with Crippen LogP contribution in [0.25, 0.3) is 0 Å². The summed E-state index contributed by atoms with van der Waals surface area (Å²) in [6.07, 6.45) is 10.6. The predicted molar refractivity (Wildman–Crippen MR) is 83.2 cm³/mol. The normalized spacial score (nSPS) is 34.0. The van der Waals surface area contributed by atoms with E-state index in [9.17, 15) is 13.2 Å². The highest BCUT2D eigenvalue weighted by Gasteiger charge is 2.29. The minimum atomic E-state index is -1.31. The third kappa shape index (κ3) is 3.33. The number of hydrogen-bond donors (Lipinski definition) is 0. The first-order chi connectivity index (χ1) is 10.5. The van der Waals surface area contributed by atoms with Crippen LogP contribution in [0.4, 0.5) is 13.2 Å². The van der Waals surface area contributed by atoms with Gasteiger partial charge in [0.05, 0.1) is 0 Å². The Hall–Kier alpha value is -0.990. The Morgan fingerprint density at radius 2 is 1.45 bits per heavy atom. The molecule has 3 heteroatoms. The van der Waals surface area contributed by atoms with Gasteiger partial charge in [0.25, 0.3) is 0 Å². The van der Waals surface area contributed by atoms with Crippen molar-refractivity contribution in [1.82, 2.24) is 0 Å². The van der Waals surface area contributed by atoms with Crippen LogP contribution in [0.1, 0.15) is 64.7 Å². The molecule has 2 fully saturated rings. The van der Waals surface area contributed by atoms with E-state index < -0.39 is 17.5 Å². The molecule has 0 aromatic heterocycles. The number of allylic oxidation sites excluding steroid dienone is 6. The molecule has 0 aromatic rings. The summed E-state index contributed by atoms with van der Waals surface area (Å²) in [5.74, 6) is -0.825. The van der Waals surface area contributed by atoms with Crippen molar-refractivity contribution < 1.29 is 13.2 Å². The summed E-state index contributed by atoms with van der Waals surface area (Å²) in [4.78, 5) is 0. The Bertz CT molecular complexity index is 509. The standard InChI is InChI=1S/C19H25F3/c1-12-2-4-13(5-3-12)14-6-8-15(9-7-14)16-10-17(20)19(22)18(21)11-16/h10,12-14H,2-9,11H2,1H3. The zero-order chi connectivity index (χ0) is 15.7. The third-order valence-corrected chi connectivity index (χ3v) is 5.91. The molecule has 0 saturated heterocycles.